The van der Waals surface area contributed by atoms with Crippen LogP contribution in [0.2, 0.25) is 0 Å². The molecule has 10 heteroatoms. The molecular formula is C18H32N2O6S2. The van der Waals surface area contributed by atoms with Gasteiger partial charge in [0.1, 0.15) is 12.1 Å². The molecule has 0 spiro atoms. The predicted molar refractivity (Wildman–Crippen MR) is 112 cm³/mol. The van der Waals surface area contributed by atoms with Crippen LogP contribution in [0, 0.1) is 0 Å². The van der Waals surface area contributed by atoms with Gasteiger partial charge in [-0.05, 0) is 25.7 Å². The summed E-state index contributed by atoms with van der Waals surface area (Å²) in [6.07, 6.45) is 2.35. The van der Waals surface area contributed by atoms with Gasteiger partial charge in [0.15, 0.2) is 0 Å². The van der Waals surface area contributed by atoms with Crippen LogP contribution >= 0.6 is 21.6 Å². The van der Waals surface area contributed by atoms with Crippen LogP contribution in [0.1, 0.15) is 53.4 Å². The lowest BCUT2D eigenvalue weighted by Gasteiger charge is -2.17. The molecule has 0 heterocycles. The van der Waals surface area contributed by atoms with Crippen molar-refractivity contribution in [1.29, 1.82) is 0 Å². The summed E-state index contributed by atoms with van der Waals surface area (Å²) in [7, 11) is 3.07. The summed E-state index contributed by atoms with van der Waals surface area (Å²) >= 11 is 0. The second-order valence-corrected chi connectivity index (χ2v) is 8.76. The van der Waals surface area contributed by atoms with Gasteiger partial charge in [-0.15, -0.1) is 0 Å². The van der Waals surface area contributed by atoms with E-state index in [0.29, 0.717) is 37.6 Å². The molecule has 2 amide bonds. The fourth-order valence-electron chi connectivity index (χ4n) is 2.04. The Balaban J connectivity index is 4.26. The number of esters is 2. The van der Waals surface area contributed by atoms with Crippen molar-refractivity contribution in [2.24, 2.45) is 0 Å². The highest BCUT2D eigenvalue weighted by molar-refractivity contribution is 8.76. The van der Waals surface area contributed by atoms with E-state index in [0.717, 1.165) is 12.8 Å². The third-order valence-corrected chi connectivity index (χ3v) is 5.76. The number of ether oxygens (including phenoxy) is 2. The second-order valence-electron chi connectivity index (χ2n) is 6.06. The Kier molecular flexibility index (Phi) is 15.7. The van der Waals surface area contributed by atoms with Crippen molar-refractivity contribution in [2.75, 3.05) is 24.7 Å². The first-order chi connectivity index (χ1) is 13.3. The summed E-state index contributed by atoms with van der Waals surface area (Å²) in [6.45, 7) is 7.19. The molecule has 28 heavy (non-hydrogen) atoms. The van der Waals surface area contributed by atoms with Crippen LogP contribution in [-0.2, 0) is 28.7 Å². The number of hydrogen-bond acceptors (Lipinski definition) is 8. The fraction of sp³-hybridized carbons (Fsp3) is 0.778. The number of hydrogen-bond donors (Lipinski definition) is 2. The molecule has 0 aromatic rings. The van der Waals surface area contributed by atoms with Gasteiger partial charge in [0.05, 0.1) is 13.2 Å². The largest absolute Gasteiger partial charge is 0.464 e. The Hall–Kier alpha value is -1.42. The standard InChI is InChI=1S/C18H32N2O6S2/c1-5-9-25-17(23)15(19-13(3)21)7-11-27-28-12-8-16(20-14(4)22)18(24)26-10-6-2/h15-16H,5-12H2,1-4H3,(H,19,21)(H,20,22)/t15-,16-/m0/s1. The molecular weight excluding hydrogens is 404 g/mol. The number of nitrogens with one attached hydrogen (secondary N) is 2. The van der Waals surface area contributed by atoms with Gasteiger partial charge in [-0.3, -0.25) is 9.59 Å². The van der Waals surface area contributed by atoms with Crippen molar-refractivity contribution in [2.45, 2.75) is 65.5 Å². The Morgan fingerprint density at radius 1 is 0.750 bits per heavy atom. The van der Waals surface area contributed by atoms with Gasteiger partial charge in [-0.25, -0.2) is 9.59 Å². The maximum Gasteiger partial charge on any atom is 0.328 e. The smallest absolute Gasteiger partial charge is 0.328 e. The minimum absolute atomic E-state index is 0.278. The molecule has 2 N–H and O–H groups in total. The van der Waals surface area contributed by atoms with Crippen LogP contribution in [-0.4, -0.2) is 60.6 Å². The van der Waals surface area contributed by atoms with E-state index in [2.05, 4.69) is 10.6 Å². The van der Waals surface area contributed by atoms with E-state index in [-0.39, 0.29) is 11.8 Å². The van der Waals surface area contributed by atoms with Crippen LogP contribution in [0.5, 0.6) is 0 Å². The van der Waals surface area contributed by atoms with Gasteiger partial charge in [-0.2, -0.15) is 0 Å². The highest BCUT2D eigenvalue weighted by atomic mass is 33.1. The highest BCUT2D eigenvalue weighted by Gasteiger charge is 2.22. The minimum atomic E-state index is -0.659. The van der Waals surface area contributed by atoms with Crippen LogP contribution < -0.4 is 10.6 Å². The van der Waals surface area contributed by atoms with E-state index in [9.17, 15) is 19.2 Å². The molecule has 2 atom stereocenters. The van der Waals surface area contributed by atoms with E-state index < -0.39 is 24.0 Å². The summed E-state index contributed by atoms with van der Waals surface area (Å²) in [5.41, 5.74) is 0. The summed E-state index contributed by atoms with van der Waals surface area (Å²) in [6, 6.07) is -1.32. The van der Waals surface area contributed by atoms with Crippen LogP contribution in [0.15, 0.2) is 0 Å². The molecule has 0 saturated heterocycles. The zero-order valence-corrected chi connectivity index (χ0v) is 18.7. The van der Waals surface area contributed by atoms with E-state index in [1.807, 2.05) is 13.8 Å². The van der Waals surface area contributed by atoms with Gasteiger partial charge in [-0.1, -0.05) is 35.4 Å². The fourth-order valence-corrected chi connectivity index (χ4v) is 4.23. The first-order valence-corrected chi connectivity index (χ1v) is 11.9. The van der Waals surface area contributed by atoms with Crippen molar-refractivity contribution >= 4 is 45.3 Å². The Labute approximate surface area is 175 Å². The molecule has 0 aromatic heterocycles. The third kappa shape index (κ3) is 13.7. The molecule has 0 rings (SSSR count). The second kappa shape index (κ2) is 16.5. The van der Waals surface area contributed by atoms with Gasteiger partial charge in [0.25, 0.3) is 0 Å². The molecule has 0 aromatic carbocycles. The maximum atomic E-state index is 12.0. The molecule has 0 fully saturated rings. The highest BCUT2D eigenvalue weighted by Crippen LogP contribution is 2.24. The average Bonchev–Trinajstić information content (AvgIpc) is 2.64. The lowest BCUT2D eigenvalue weighted by Crippen LogP contribution is -2.41. The molecule has 0 bridgehead atoms. The zero-order chi connectivity index (χ0) is 21.4. The Morgan fingerprint density at radius 2 is 1.11 bits per heavy atom. The molecule has 162 valence electrons. The number of carbonyl (C=O) groups is 4. The van der Waals surface area contributed by atoms with Crippen LogP contribution in [0.3, 0.4) is 0 Å². The van der Waals surface area contributed by atoms with Gasteiger partial charge >= 0.3 is 11.9 Å². The third-order valence-electron chi connectivity index (χ3n) is 3.28. The van der Waals surface area contributed by atoms with Gasteiger partial charge in [0, 0.05) is 25.4 Å². The first kappa shape index (κ1) is 26.6. The van der Waals surface area contributed by atoms with Crippen molar-refractivity contribution in [3.8, 4) is 0 Å². The van der Waals surface area contributed by atoms with Crippen molar-refractivity contribution in [1.82, 2.24) is 10.6 Å². The van der Waals surface area contributed by atoms with E-state index >= 15 is 0 Å². The SMILES string of the molecule is CCCOC(=O)[C@H](CCSSCC[C@H](NC(C)=O)C(=O)OCCC)NC(C)=O. The minimum Gasteiger partial charge on any atom is -0.464 e. The van der Waals surface area contributed by atoms with E-state index in [4.69, 9.17) is 9.47 Å². The van der Waals surface area contributed by atoms with E-state index in [1.165, 1.54) is 35.4 Å². The van der Waals surface area contributed by atoms with Crippen molar-refractivity contribution in [3.05, 3.63) is 0 Å². The van der Waals surface area contributed by atoms with Crippen molar-refractivity contribution in [3.63, 3.8) is 0 Å². The molecule has 0 saturated carbocycles. The molecule has 8 nitrogen and oxygen atoms in total. The number of amides is 2. The molecule has 0 unspecified atom stereocenters. The summed E-state index contributed by atoms with van der Waals surface area (Å²) < 4.78 is 10.2. The van der Waals surface area contributed by atoms with Crippen molar-refractivity contribution < 1.29 is 28.7 Å². The summed E-state index contributed by atoms with van der Waals surface area (Å²) in [5.74, 6) is -0.150. The number of carbonyl (C=O) groups excluding carboxylic acids is 4. The lowest BCUT2D eigenvalue weighted by molar-refractivity contribution is -0.148. The predicted octanol–water partition coefficient (Wildman–Crippen LogP) is 2.06. The monoisotopic (exact) mass is 436 g/mol. The first-order valence-electron chi connectivity index (χ1n) is 9.43. The van der Waals surface area contributed by atoms with Crippen LogP contribution in [0.4, 0.5) is 0 Å². The molecule has 0 aliphatic carbocycles. The van der Waals surface area contributed by atoms with Crippen LogP contribution in [0.25, 0.3) is 0 Å². The normalized spacial score (nSPS) is 12.6. The topological polar surface area (TPSA) is 111 Å². The van der Waals surface area contributed by atoms with Gasteiger partial charge < -0.3 is 20.1 Å². The maximum absolute atomic E-state index is 12.0. The Morgan fingerprint density at radius 3 is 1.39 bits per heavy atom. The van der Waals surface area contributed by atoms with Gasteiger partial charge in [0.2, 0.25) is 11.8 Å². The average molecular weight is 437 g/mol. The molecule has 0 aliphatic heterocycles. The molecule has 0 aliphatic rings. The van der Waals surface area contributed by atoms with E-state index in [1.54, 1.807) is 0 Å². The zero-order valence-electron chi connectivity index (χ0n) is 17.1. The quantitative estimate of drug-likeness (QED) is 0.228. The lowest BCUT2D eigenvalue weighted by atomic mass is 10.2. The summed E-state index contributed by atoms with van der Waals surface area (Å²) in [4.78, 5) is 46.5. The molecule has 0 radical (unpaired) electrons. The summed E-state index contributed by atoms with van der Waals surface area (Å²) in [5, 5.41) is 5.22. The number of rotatable bonds is 15. The Bertz CT molecular complexity index is 460.